The van der Waals surface area contributed by atoms with Gasteiger partial charge in [-0.25, -0.2) is 9.48 Å². The Morgan fingerprint density at radius 3 is 2.70 bits per heavy atom. The fourth-order valence-corrected chi connectivity index (χ4v) is 3.23. The van der Waals surface area contributed by atoms with E-state index in [0.29, 0.717) is 36.6 Å². The van der Waals surface area contributed by atoms with Crippen LogP contribution in [0.3, 0.4) is 0 Å². The van der Waals surface area contributed by atoms with Crippen molar-refractivity contribution in [2.75, 3.05) is 13.1 Å². The summed E-state index contributed by atoms with van der Waals surface area (Å²) < 4.78 is 7.13. The van der Waals surface area contributed by atoms with Crippen molar-refractivity contribution in [3.63, 3.8) is 0 Å². The van der Waals surface area contributed by atoms with Crippen LogP contribution in [0.15, 0.2) is 61.2 Å². The highest BCUT2D eigenvalue weighted by molar-refractivity contribution is 6.30. The standard InChI is InChI=1S/C24H28ClN5O3/c1-24(2,3)33-23(32)29(16-18-7-5-10-26-14-18)12-6-11-27-22(31)19-15-28-30(17-19)21-9-4-8-20(25)13-21/h4-5,7-10,13-15,17H,6,11-12,16H2,1-3H3,(H,27,31). The highest BCUT2D eigenvalue weighted by atomic mass is 35.5. The molecule has 0 aliphatic heterocycles. The molecule has 0 atom stereocenters. The van der Waals surface area contributed by atoms with Gasteiger partial charge in [0.05, 0.1) is 24.0 Å². The van der Waals surface area contributed by atoms with Crippen LogP contribution in [0.1, 0.15) is 43.1 Å². The van der Waals surface area contributed by atoms with Gasteiger partial charge in [0.1, 0.15) is 5.60 Å². The van der Waals surface area contributed by atoms with Gasteiger partial charge in [0.15, 0.2) is 0 Å². The minimum atomic E-state index is -0.596. The Balaban J connectivity index is 1.54. The van der Waals surface area contributed by atoms with Crippen molar-refractivity contribution in [3.8, 4) is 5.69 Å². The zero-order valence-corrected chi connectivity index (χ0v) is 19.7. The molecule has 3 rings (SSSR count). The van der Waals surface area contributed by atoms with Crippen LogP contribution < -0.4 is 5.32 Å². The van der Waals surface area contributed by atoms with Crippen molar-refractivity contribution < 1.29 is 14.3 Å². The molecule has 0 radical (unpaired) electrons. The van der Waals surface area contributed by atoms with Gasteiger partial charge in [-0.15, -0.1) is 0 Å². The highest BCUT2D eigenvalue weighted by Gasteiger charge is 2.22. The number of carbonyl (C=O) groups is 2. The second-order valence-electron chi connectivity index (χ2n) is 8.53. The summed E-state index contributed by atoms with van der Waals surface area (Å²) in [5.41, 5.74) is 1.52. The van der Waals surface area contributed by atoms with E-state index in [1.165, 1.54) is 6.20 Å². The summed E-state index contributed by atoms with van der Waals surface area (Å²) in [5, 5.41) is 7.70. The van der Waals surface area contributed by atoms with Gasteiger partial charge in [-0.2, -0.15) is 5.10 Å². The minimum absolute atomic E-state index is 0.237. The number of nitrogens with zero attached hydrogens (tertiary/aromatic N) is 4. The normalized spacial score (nSPS) is 11.2. The van der Waals surface area contributed by atoms with Crippen LogP contribution in [-0.2, 0) is 11.3 Å². The minimum Gasteiger partial charge on any atom is -0.444 e. The topological polar surface area (TPSA) is 89.4 Å². The zero-order valence-electron chi connectivity index (χ0n) is 19.0. The highest BCUT2D eigenvalue weighted by Crippen LogP contribution is 2.15. The molecular formula is C24H28ClN5O3. The number of pyridine rings is 1. The molecule has 0 fully saturated rings. The molecule has 33 heavy (non-hydrogen) atoms. The van der Waals surface area contributed by atoms with E-state index in [1.807, 2.05) is 45.0 Å². The summed E-state index contributed by atoms with van der Waals surface area (Å²) in [7, 11) is 0. The lowest BCUT2D eigenvalue weighted by molar-refractivity contribution is 0.0232. The predicted octanol–water partition coefficient (Wildman–Crippen LogP) is 4.48. The van der Waals surface area contributed by atoms with Gasteiger partial charge in [0, 0.05) is 36.7 Å². The van der Waals surface area contributed by atoms with Crippen molar-refractivity contribution >= 4 is 23.6 Å². The Hall–Kier alpha value is -3.39. The van der Waals surface area contributed by atoms with Crippen LogP contribution in [0.2, 0.25) is 5.02 Å². The van der Waals surface area contributed by atoms with Crippen molar-refractivity contribution in [2.24, 2.45) is 0 Å². The summed E-state index contributed by atoms with van der Waals surface area (Å²) in [6, 6.07) is 11.0. The molecule has 3 aromatic rings. The number of hydrogen-bond acceptors (Lipinski definition) is 5. The molecule has 9 heteroatoms. The van der Waals surface area contributed by atoms with Gasteiger partial charge in [-0.1, -0.05) is 23.7 Å². The number of amides is 2. The van der Waals surface area contributed by atoms with E-state index in [4.69, 9.17) is 16.3 Å². The summed E-state index contributed by atoms with van der Waals surface area (Å²) >= 11 is 6.02. The summed E-state index contributed by atoms with van der Waals surface area (Å²) in [6.45, 7) is 6.69. The number of carbonyl (C=O) groups excluding carboxylic acids is 2. The summed E-state index contributed by atoms with van der Waals surface area (Å²) in [5.74, 6) is -0.237. The molecule has 1 N–H and O–H groups in total. The average Bonchev–Trinajstić information content (AvgIpc) is 3.26. The fourth-order valence-electron chi connectivity index (χ4n) is 3.05. The van der Waals surface area contributed by atoms with Gasteiger partial charge in [0.2, 0.25) is 0 Å². The summed E-state index contributed by atoms with van der Waals surface area (Å²) in [6.07, 6.45) is 6.72. The van der Waals surface area contributed by atoms with Crippen molar-refractivity contribution in [1.29, 1.82) is 0 Å². The maximum absolute atomic E-state index is 12.6. The van der Waals surface area contributed by atoms with Crippen LogP contribution in [0.4, 0.5) is 4.79 Å². The largest absolute Gasteiger partial charge is 0.444 e. The molecule has 0 aliphatic rings. The van der Waals surface area contributed by atoms with Crippen LogP contribution in [-0.4, -0.2) is 50.4 Å². The lowest BCUT2D eigenvalue weighted by Gasteiger charge is -2.27. The molecule has 0 bridgehead atoms. The Kier molecular flexibility index (Phi) is 8.06. The number of aromatic nitrogens is 3. The second-order valence-corrected chi connectivity index (χ2v) is 8.96. The summed E-state index contributed by atoms with van der Waals surface area (Å²) in [4.78, 5) is 30.9. The maximum atomic E-state index is 12.6. The van der Waals surface area contributed by atoms with E-state index >= 15 is 0 Å². The predicted molar refractivity (Wildman–Crippen MR) is 126 cm³/mol. The maximum Gasteiger partial charge on any atom is 0.410 e. The molecule has 2 aromatic heterocycles. The molecule has 0 unspecified atom stereocenters. The number of benzene rings is 1. The van der Waals surface area contributed by atoms with Crippen molar-refractivity contribution in [1.82, 2.24) is 25.0 Å². The molecule has 0 saturated carbocycles. The van der Waals surface area contributed by atoms with Crippen LogP contribution in [0.25, 0.3) is 5.69 Å². The van der Waals surface area contributed by atoms with Gasteiger partial charge >= 0.3 is 6.09 Å². The lowest BCUT2D eigenvalue weighted by atomic mass is 10.2. The zero-order chi connectivity index (χ0) is 23.8. The number of rotatable bonds is 8. The van der Waals surface area contributed by atoms with Crippen LogP contribution >= 0.6 is 11.6 Å². The van der Waals surface area contributed by atoms with Crippen molar-refractivity contribution in [3.05, 3.63) is 77.3 Å². The average molecular weight is 470 g/mol. The Morgan fingerprint density at radius 1 is 1.18 bits per heavy atom. The van der Waals surface area contributed by atoms with Crippen molar-refractivity contribution in [2.45, 2.75) is 39.3 Å². The van der Waals surface area contributed by atoms with E-state index in [2.05, 4.69) is 15.4 Å². The molecule has 0 aliphatic carbocycles. The molecule has 0 spiro atoms. The third-order valence-electron chi connectivity index (χ3n) is 4.56. The van der Waals surface area contributed by atoms with Gasteiger partial charge in [0.25, 0.3) is 5.91 Å². The first-order chi connectivity index (χ1) is 15.7. The second kappa shape index (κ2) is 11.0. The van der Waals surface area contributed by atoms with Gasteiger partial charge in [-0.05, 0) is 57.0 Å². The number of halogens is 1. The SMILES string of the molecule is CC(C)(C)OC(=O)N(CCCNC(=O)c1cnn(-c2cccc(Cl)c2)c1)Cc1cccnc1. The van der Waals surface area contributed by atoms with E-state index in [-0.39, 0.29) is 5.91 Å². The molecule has 174 valence electrons. The third kappa shape index (κ3) is 7.61. The van der Waals surface area contributed by atoms with Crippen LogP contribution in [0, 0.1) is 0 Å². The van der Waals surface area contributed by atoms with E-state index in [9.17, 15) is 9.59 Å². The Bertz CT molecular complexity index is 1080. The quantitative estimate of drug-likeness (QED) is 0.491. The third-order valence-corrected chi connectivity index (χ3v) is 4.79. The lowest BCUT2D eigenvalue weighted by Crippen LogP contribution is -2.38. The molecular weight excluding hydrogens is 442 g/mol. The fraction of sp³-hybridized carbons (Fsp3) is 0.333. The Morgan fingerprint density at radius 2 is 2.00 bits per heavy atom. The molecule has 1 aromatic carbocycles. The first kappa shape index (κ1) is 24.3. The molecule has 8 nitrogen and oxygen atoms in total. The molecule has 2 heterocycles. The number of ether oxygens (including phenoxy) is 1. The first-order valence-electron chi connectivity index (χ1n) is 10.7. The monoisotopic (exact) mass is 469 g/mol. The molecule has 2 amide bonds. The smallest absolute Gasteiger partial charge is 0.410 e. The van der Waals surface area contributed by atoms with E-state index < -0.39 is 11.7 Å². The van der Waals surface area contributed by atoms with E-state index in [1.54, 1.807) is 40.3 Å². The Labute approximate surface area is 198 Å². The van der Waals surface area contributed by atoms with Gasteiger partial charge < -0.3 is 15.0 Å². The number of hydrogen-bond donors (Lipinski definition) is 1. The van der Waals surface area contributed by atoms with Gasteiger partial charge in [-0.3, -0.25) is 9.78 Å². The van der Waals surface area contributed by atoms with Crippen LogP contribution in [0.5, 0.6) is 0 Å². The first-order valence-corrected chi connectivity index (χ1v) is 11.0. The number of nitrogens with one attached hydrogen (secondary N) is 1. The van der Waals surface area contributed by atoms with E-state index in [0.717, 1.165) is 11.3 Å². The molecule has 0 saturated heterocycles.